The van der Waals surface area contributed by atoms with E-state index in [0.29, 0.717) is 29.3 Å². The summed E-state index contributed by atoms with van der Waals surface area (Å²) in [5, 5.41) is 8.68. The first-order chi connectivity index (χ1) is 12.6. The quantitative estimate of drug-likeness (QED) is 0.751. The molecule has 132 valence electrons. The molecule has 1 aliphatic rings. The lowest BCUT2D eigenvalue weighted by Gasteiger charge is -2.29. The molecule has 0 unspecified atom stereocenters. The molecule has 8 heteroatoms. The fourth-order valence-electron chi connectivity index (χ4n) is 2.99. The Hall–Kier alpha value is -2.58. The average Bonchev–Trinajstić information content (AvgIpc) is 3.32. The summed E-state index contributed by atoms with van der Waals surface area (Å²) in [6.45, 7) is 3.03. The zero-order chi connectivity index (χ0) is 18.1. The highest BCUT2D eigenvalue weighted by Crippen LogP contribution is 2.25. The van der Waals surface area contributed by atoms with Crippen molar-refractivity contribution >= 4 is 40.4 Å². The maximum Gasteiger partial charge on any atom is 0.269 e. The third kappa shape index (κ3) is 3.25. The number of nitrogens with one attached hydrogen (secondary N) is 1. The van der Waals surface area contributed by atoms with Crippen LogP contribution in [-0.2, 0) is 13.0 Å². The van der Waals surface area contributed by atoms with Crippen LogP contribution in [0.15, 0.2) is 35.7 Å². The maximum absolute atomic E-state index is 12.6. The molecule has 3 aromatic rings. The van der Waals surface area contributed by atoms with Gasteiger partial charge in [-0.15, -0.1) is 16.4 Å². The number of aromatic nitrogens is 2. The Morgan fingerprint density at radius 3 is 2.85 bits per heavy atom. The Morgan fingerprint density at radius 1 is 1.23 bits per heavy atom. The number of benzene rings is 1. The normalized spacial score (nSPS) is 13.3. The number of thiophene rings is 1. The molecule has 0 atom stereocenters. The standard InChI is InChI=1S/C18H16N4O2S2/c1-11-16(26-21-20-11)17(23)19-14-5-4-12-6-7-22(10-13(12)9-14)18(24)15-3-2-8-25-15/h2-5,8-9H,6-7,10H2,1H3,(H,19,23). The predicted octanol–water partition coefficient (Wildman–Crippen LogP) is 3.36. The molecule has 2 amide bonds. The van der Waals surface area contributed by atoms with Gasteiger partial charge in [0.1, 0.15) is 4.88 Å². The molecule has 0 spiro atoms. The number of fused-ring (bicyclic) bond motifs is 1. The van der Waals surface area contributed by atoms with E-state index < -0.39 is 0 Å². The van der Waals surface area contributed by atoms with Gasteiger partial charge in [0.2, 0.25) is 0 Å². The lowest BCUT2D eigenvalue weighted by atomic mass is 9.99. The average molecular weight is 384 g/mol. The van der Waals surface area contributed by atoms with Crippen LogP contribution in [-0.4, -0.2) is 32.8 Å². The Labute approximate surface area is 158 Å². The van der Waals surface area contributed by atoms with E-state index in [2.05, 4.69) is 14.9 Å². The molecule has 3 heterocycles. The van der Waals surface area contributed by atoms with Gasteiger partial charge in [-0.05, 0) is 59.6 Å². The van der Waals surface area contributed by atoms with Gasteiger partial charge in [0.05, 0.1) is 10.6 Å². The number of rotatable bonds is 3. The predicted molar refractivity (Wildman–Crippen MR) is 102 cm³/mol. The molecular weight excluding hydrogens is 368 g/mol. The van der Waals surface area contributed by atoms with Crippen LogP contribution in [0.1, 0.15) is 36.2 Å². The Bertz CT molecular complexity index is 965. The minimum atomic E-state index is -0.209. The summed E-state index contributed by atoms with van der Waals surface area (Å²) in [7, 11) is 0. The smallest absolute Gasteiger partial charge is 0.269 e. The van der Waals surface area contributed by atoms with Gasteiger partial charge < -0.3 is 10.2 Å². The number of anilines is 1. The molecule has 0 bridgehead atoms. The molecule has 1 aliphatic heterocycles. The van der Waals surface area contributed by atoms with Crippen molar-refractivity contribution in [2.45, 2.75) is 19.9 Å². The monoisotopic (exact) mass is 384 g/mol. The van der Waals surface area contributed by atoms with Gasteiger partial charge in [0.25, 0.3) is 11.8 Å². The van der Waals surface area contributed by atoms with Crippen molar-refractivity contribution in [3.8, 4) is 0 Å². The van der Waals surface area contributed by atoms with E-state index in [9.17, 15) is 9.59 Å². The molecule has 0 saturated heterocycles. The van der Waals surface area contributed by atoms with E-state index in [1.807, 2.05) is 40.6 Å². The van der Waals surface area contributed by atoms with Crippen LogP contribution >= 0.6 is 22.9 Å². The summed E-state index contributed by atoms with van der Waals surface area (Å²) in [5.41, 5.74) is 3.62. The van der Waals surface area contributed by atoms with Crippen molar-refractivity contribution in [1.29, 1.82) is 0 Å². The summed E-state index contributed by atoms with van der Waals surface area (Å²) in [4.78, 5) is 28.1. The van der Waals surface area contributed by atoms with Crippen LogP contribution in [0.5, 0.6) is 0 Å². The van der Waals surface area contributed by atoms with Crippen LogP contribution in [0.3, 0.4) is 0 Å². The lowest BCUT2D eigenvalue weighted by Crippen LogP contribution is -2.35. The number of hydrogen-bond donors (Lipinski definition) is 1. The van der Waals surface area contributed by atoms with Crippen molar-refractivity contribution in [2.24, 2.45) is 0 Å². The number of aryl methyl sites for hydroxylation is 1. The van der Waals surface area contributed by atoms with Gasteiger partial charge in [0, 0.05) is 18.8 Å². The van der Waals surface area contributed by atoms with Crippen molar-refractivity contribution in [3.05, 3.63) is 62.3 Å². The Kier molecular flexibility index (Phi) is 4.52. The van der Waals surface area contributed by atoms with E-state index in [0.717, 1.165) is 28.4 Å². The first-order valence-corrected chi connectivity index (χ1v) is 9.82. The largest absolute Gasteiger partial charge is 0.333 e. The van der Waals surface area contributed by atoms with Crippen LogP contribution in [0, 0.1) is 6.92 Å². The minimum Gasteiger partial charge on any atom is -0.333 e. The minimum absolute atomic E-state index is 0.0615. The van der Waals surface area contributed by atoms with Crippen LogP contribution in [0.2, 0.25) is 0 Å². The lowest BCUT2D eigenvalue weighted by molar-refractivity contribution is 0.0739. The molecule has 1 aromatic carbocycles. The molecule has 0 radical (unpaired) electrons. The molecule has 6 nitrogen and oxygen atoms in total. The molecule has 26 heavy (non-hydrogen) atoms. The third-order valence-corrected chi connectivity index (χ3v) is 6.04. The van der Waals surface area contributed by atoms with Crippen molar-refractivity contribution in [2.75, 3.05) is 11.9 Å². The fraction of sp³-hybridized carbons (Fsp3) is 0.222. The molecule has 0 fully saturated rings. The van der Waals surface area contributed by atoms with Gasteiger partial charge in [-0.2, -0.15) is 0 Å². The highest BCUT2D eigenvalue weighted by Gasteiger charge is 2.23. The van der Waals surface area contributed by atoms with Gasteiger partial charge in [-0.3, -0.25) is 9.59 Å². The Morgan fingerprint density at radius 2 is 2.12 bits per heavy atom. The number of carbonyl (C=O) groups excluding carboxylic acids is 2. The summed E-state index contributed by atoms with van der Waals surface area (Å²) < 4.78 is 3.80. The van der Waals surface area contributed by atoms with E-state index in [1.54, 1.807) is 6.92 Å². The van der Waals surface area contributed by atoms with E-state index in [4.69, 9.17) is 0 Å². The molecule has 1 N–H and O–H groups in total. The Balaban J connectivity index is 1.52. The fourth-order valence-corrected chi connectivity index (χ4v) is 4.23. The van der Waals surface area contributed by atoms with Crippen molar-refractivity contribution < 1.29 is 9.59 Å². The molecule has 0 aliphatic carbocycles. The second-order valence-electron chi connectivity index (χ2n) is 6.08. The zero-order valence-corrected chi connectivity index (χ0v) is 15.7. The van der Waals surface area contributed by atoms with Gasteiger partial charge in [-0.25, -0.2) is 0 Å². The topological polar surface area (TPSA) is 75.2 Å². The molecule has 2 aromatic heterocycles. The van der Waals surface area contributed by atoms with E-state index in [-0.39, 0.29) is 11.8 Å². The van der Waals surface area contributed by atoms with E-state index in [1.165, 1.54) is 16.9 Å². The summed E-state index contributed by atoms with van der Waals surface area (Å²) in [6.07, 6.45) is 0.818. The number of hydrogen-bond acceptors (Lipinski definition) is 6. The van der Waals surface area contributed by atoms with Gasteiger partial charge in [0.15, 0.2) is 0 Å². The SMILES string of the molecule is Cc1nnsc1C(=O)Nc1ccc2c(c1)CN(C(=O)c1cccs1)CC2. The summed E-state index contributed by atoms with van der Waals surface area (Å²) in [5.74, 6) is -0.147. The number of carbonyl (C=O) groups is 2. The third-order valence-electron chi connectivity index (χ3n) is 4.35. The highest BCUT2D eigenvalue weighted by molar-refractivity contribution is 7.12. The van der Waals surface area contributed by atoms with Gasteiger partial charge >= 0.3 is 0 Å². The van der Waals surface area contributed by atoms with Crippen LogP contribution < -0.4 is 5.32 Å². The molecule has 0 saturated carbocycles. The number of nitrogens with zero attached hydrogens (tertiary/aromatic N) is 3. The highest BCUT2D eigenvalue weighted by atomic mass is 32.1. The molecule has 4 rings (SSSR count). The first kappa shape index (κ1) is 16.9. The first-order valence-electron chi connectivity index (χ1n) is 8.16. The van der Waals surface area contributed by atoms with Gasteiger partial charge in [-0.1, -0.05) is 16.6 Å². The van der Waals surface area contributed by atoms with E-state index >= 15 is 0 Å². The van der Waals surface area contributed by atoms with Crippen molar-refractivity contribution in [1.82, 2.24) is 14.5 Å². The second-order valence-corrected chi connectivity index (χ2v) is 7.78. The maximum atomic E-state index is 12.6. The van der Waals surface area contributed by atoms with Crippen LogP contribution in [0.25, 0.3) is 0 Å². The second kappa shape index (κ2) is 6.97. The van der Waals surface area contributed by atoms with Crippen LogP contribution in [0.4, 0.5) is 5.69 Å². The molecular formula is C18H16N4O2S2. The zero-order valence-electron chi connectivity index (χ0n) is 14.1. The summed E-state index contributed by atoms with van der Waals surface area (Å²) >= 11 is 2.54. The number of amides is 2. The van der Waals surface area contributed by atoms with Crippen molar-refractivity contribution in [3.63, 3.8) is 0 Å². The summed E-state index contributed by atoms with van der Waals surface area (Å²) in [6, 6.07) is 9.61.